The molecule has 0 saturated heterocycles. The number of benzene rings is 1. The number of hydroxylamine groups is 1. The fourth-order valence-electron chi connectivity index (χ4n) is 1.14. The zero-order chi connectivity index (χ0) is 14.5. The SMILES string of the molecule is CC(C)(Oc1ccc(Cl)cc1)C(=O)NOCC(N)=O. The Morgan fingerprint density at radius 3 is 2.42 bits per heavy atom. The van der Waals surface area contributed by atoms with Gasteiger partial charge in [0.1, 0.15) is 5.75 Å². The van der Waals surface area contributed by atoms with Crippen LogP contribution in [-0.2, 0) is 14.4 Å². The van der Waals surface area contributed by atoms with Gasteiger partial charge in [-0.3, -0.25) is 14.4 Å². The molecule has 0 saturated carbocycles. The standard InChI is InChI=1S/C12H15ClN2O4/c1-12(2,11(17)15-18-7-10(14)16)19-9-5-3-8(13)4-6-9/h3-6H,7H2,1-2H3,(H2,14,16)(H,15,17). The quantitative estimate of drug-likeness (QED) is 0.764. The maximum Gasteiger partial charge on any atom is 0.287 e. The van der Waals surface area contributed by atoms with E-state index in [0.717, 1.165) is 0 Å². The summed E-state index contributed by atoms with van der Waals surface area (Å²) in [5.74, 6) is -0.736. The van der Waals surface area contributed by atoms with Crippen molar-refractivity contribution in [3.63, 3.8) is 0 Å². The topological polar surface area (TPSA) is 90.7 Å². The number of hydrogen-bond acceptors (Lipinski definition) is 4. The minimum Gasteiger partial charge on any atom is -0.478 e. The van der Waals surface area contributed by atoms with Crippen LogP contribution in [0.25, 0.3) is 0 Å². The molecule has 0 fully saturated rings. The van der Waals surface area contributed by atoms with E-state index in [9.17, 15) is 9.59 Å². The predicted octanol–water partition coefficient (Wildman–Crippen LogP) is 1.03. The fraction of sp³-hybridized carbons (Fsp3) is 0.333. The van der Waals surface area contributed by atoms with Gasteiger partial charge in [0, 0.05) is 5.02 Å². The molecule has 0 atom stereocenters. The maximum atomic E-state index is 11.8. The highest BCUT2D eigenvalue weighted by Crippen LogP contribution is 2.20. The Morgan fingerprint density at radius 2 is 1.89 bits per heavy atom. The number of halogens is 1. The number of nitrogens with two attached hydrogens (primary N) is 1. The Bertz CT molecular complexity index is 459. The first kappa shape index (κ1) is 15.3. The van der Waals surface area contributed by atoms with Crippen molar-refractivity contribution in [1.29, 1.82) is 0 Å². The molecule has 1 rings (SSSR count). The molecule has 0 heterocycles. The minimum atomic E-state index is -1.18. The van der Waals surface area contributed by atoms with Gasteiger partial charge < -0.3 is 10.5 Å². The highest BCUT2D eigenvalue weighted by atomic mass is 35.5. The Hall–Kier alpha value is -1.79. The molecule has 2 amide bonds. The van der Waals surface area contributed by atoms with E-state index >= 15 is 0 Å². The fourth-order valence-corrected chi connectivity index (χ4v) is 1.27. The monoisotopic (exact) mass is 286 g/mol. The third-order valence-electron chi connectivity index (χ3n) is 2.11. The Kier molecular flexibility index (Phi) is 5.14. The molecule has 0 aliphatic carbocycles. The molecule has 104 valence electrons. The van der Waals surface area contributed by atoms with Crippen LogP contribution in [0.3, 0.4) is 0 Å². The second-order valence-electron chi connectivity index (χ2n) is 4.25. The van der Waals surface area contributed by atoms with Crippen LogP contribution in [-0.4, -0.2) is 24.0 Å². The van der Waals surface area contributed by atoms with Gasteiger partial charge in [0.25, 0.3) is 5.91 Å². The number of carbonyl (C=O) groups excluding carboxylic acids is 2. The summed E-state index contributed by atoms with van der Waals surface area (Å²) in [5.41, 5.74) is 5.79. The summed E-state index contributed by atoms with van der Waals surface area (Å²) >= 11 is 5.75. The van der Waals surface area contributed by atoms with Crippen LogP contribution in [0, 0.1) is 0 Å². The molecule has 0 aromatic heterocycles. The third-order valence-corrected chi connectivity index (χ3v) is 2.36. The minimum absolute atomic E-state index is 0.400. The summed E-state index contributed by atoms with van der Waals surface area (Å²) < 4.78 is 5.51. The van der Waals surface area contributed by atoms with Crippen molar-refractivity contribution in [2.24, 2.45) is 5.73 Å². The van der Waals surface area contributed by atoms with E-state index in [-0.39, 0.29) is 0 Å². The lowest BCUT2D eigenvalue weighted by Gasteiger charge is -2.24. The average molecular weight is 287 g/mol. The lowest BCUT2D eigenvalue weighted by atomic mass is 10.1. The third kappa shape index (κ3) is 5.15. The average Bonchev–Trinajstić information content (AvgIpc) is 2.31. The predicted molar refractivity (Wildman–Crippen MR) is 69.4 cm³/mol. The van der Waals surface area contributed by atoms with Gasteiger partial charge in [-0.2, -0.15) is 0 Å². The zero-order valence-corrected chi connectivity index (χ0v) is 11.4. The maximum absolute atomic E-state index is 11.8. The second kappa shape index (κ2) is 6.40. The van der Waals surface area contributed by atoms with Gasteiger partial charge in [-0.05, 0) is 38.1 Å². The summed E-state index contributed by atoms with van der Waals surface area (Å²) in [6, 6.07) is 6.58. The molecular formula is C12H15ClN2O4. The number of carbonyl (C=O) groups is 2. The number of amides is 2. The molecule has 0 aliphatic heterocycles. The van der Waals surface area contributed by atoms with Gasteiger partial charge in [0.05, 0.1) is 0 Å². The van der Waals surface area contributed by atoms with Gasteiger partial charge >= 0.3 is 0 Å². The molecule has 19 heavy (non-hydrogen) atoms. The van der Waals surface area contributed by atoms with Crippen LogP contribution in [0.5, 0.6) is 5.75 Å². The lowest BCUT2D eigenvalue weighted by Crippen LogP contribution is -2.47. The Morgan fingerprint density at radius 1 is 1.32 bits per heavy atom. The summed E-state index contributed by atoms with van der Waals surface area (Å²) in [7, 11) is 0. The van der Waals surface area contributed by atoms with Crippen LogP contribution < -0.4 is 16.0 Å². The van der Waals surface area contributed by atoms with Crippen molar-refractivity contribution in [3.8, 4) is 5.75 Å². The molecule has 0 radical (unpaired) electrons. The molecule has 0 bridgehead atoms. The molecule has 1 aromatic carbocycles. The van der Waals surface area contributed by atoms with Crippen molar-refractivity contribution in [2.75, 3.05) is 6.61 Å². The van der Waals surface area contributed by atoms with Crippen molar-refractivity contribution in [3.05, 3.63) is 29.3 Å². The highest BCUT2D eigenvalue weighted by Gasteiger charge is 2.30. The van der Waals surface area contributed by atoms with Crippen LogP contribution in [0.15, 0.2) is 24.3 Å². The van der Waals surface area contributed by atoms with Crippen molar-refractivity contribution in [1.82, 2.24) is 5.48 Å². The lowest BCUT2D eigenvalue weighted by molar-refractivity contribution is -0.149. The number of nitrogens with one attached hydrogen (secondary N) is 1. The summed E-state index contributed by atoms with van der Waals surface area (Å²) in [6.07, 6.45) is 0. The molecule has 6 nitrogen and oxygen atoms in total. The van der Waals surface area contributed by atoms with E-state index in [2.05, 4.69) is 10.3 Å². The van der Waals surface area contributed by atoms with Gasteiger partial charge in [0.2, 0.25) is 5.91 Å². The molecule has 0 unspecified atom stereocenters. The van der Waals surface area contributed by atoms with Gasteiger partial charge in [-0.15, -0.1) is 0 Å². The number of rotatable bonds is 6. The number of hydrogen-bond donors (Lipinski definition) is 2. The first-order valence-corrected chi connectivity index (χ1v) is 5.84. The summed E-state index contributed by atoms with van der Waals surface area (Å²) in [6.45, 7) is 2.72. The number of ether oxygens (including phenoxy) is 1. The van der Waals surface area contributed by atoms with E-state index in [1.54, 1.807) is 38.1 Å². The zero-order valence-electron chi connectivity index (χ0n) is 10.6. The molecule has 3 N–H and O–H groups in total. The van der Waals surface area contributed by atoms with Crippen LogP contribution >= 0.6 is 11.6 Å². The smallest absolute Gasteiger partial charge is 0.287 e. The Labute approximate surface area is 115 Å². The first-order chi connectivity index (χ1) is 8.81. The summed E-state index contributed by atoms with van der Waals surface area (Å²) in [4.78, 5) is 26.9. The van der Waals surface area contributed by atoms with E-state index in [0.29, 0.717) is 10.8 Å². The van der Waals surface area contributed by atoms with Crippen LogP contribution in [0.1, 0.15) is 13.8 Å². The second-order valence-corrected chi connectivity index (χ2v) is 4.69. The summed E-state index contributed by atoms with van der Waals surface area (Å²) in [5, 5.41) is 0.569. The van der Waals surface area contributed by atoms with E-state index in [1.807, 2.05) is 0 Å². The molecule has 0 aliphatic rings. The molecule has 1 aromatic rings. The molecular weight excluding hydrogens is 272 g/mol. The van der Waals surface area contributed by atoms with Gasteiger partial charge in [-0.1, -0.05) is 11.6 Å². The highest BCUT2D eigenvalue weighted by molar-refractivity contribution is 6.30. The van der Waals surface area contributed by atoms with E-state index in [4.69, 9.17) is 22.1 Å². The normalized spacial score (nSPS) is 10.9. The van der Waals surface area contributed by atoms with Gasteiger partial charge in [0.15, 0.2) is 12.2 Å². The van der Waals surface area contributed by atoms with E-state index < -0.39 is 24.0 Å². The molecule has 7 heteroatoms. The Balaban J connectivity index is 2.56. The van der Waals surface area contributed by atoms with Crippen LogP contribution in [0.4, 0.5) is 0 Å². The largest absolute Gasteiger partial charge is 0.478 e. The van der Waals surface area contributed by atoms with Crippen molar-refractivity contribution < 1.29 is 19.2 Å². The first-order valence-electron chi connectivity index (χ1n) is 5.46. The number of primary amides is 1. The van der Waals surface area contributed by atoms with Crippen LogP contribution in [0.2, 0.25) is 5.02 Å². The van der Waals surface area contributed by atoms with Crippen molar-refractivity contribution >= 4 is 23.4 Å². The van der Waals surface area contributed by atoms with Gasteiger partial charge in [-0.25, -0.2) is 5.48 Å². The van der Waals surface area contributed by atoms with E-state index in [1.165, 1.54) is 0 Å². The van der Waals surface area contributed by atoms with Crippen molar-refractivity contribution in [2.45, 2.75) is 19.4 Å². The molecule has 0 spiro atoms.